The Hall–Kier alpha value is -1.27. The van der Waals surface area contributed by atoms with Crippen molar-refractivity contribution in [2.24, 2.45) is 5.73 Å². The van der Waals surface area contributed by atoms with Gasteiger partial charge in [-0.2, -0.15) is 0 Å². The van der Waals surface area contributed by atoms with Crippen molar-refractivity contribution in [3.05, 3.63) is 58.1 Å². The summed E-state index contributed by atoms with van der Waals surface area (Å²) in [5, 5.41) is 0.481. The lowest BCUT2D eigenvalue weighted by Crippen LogP contribution is -2.15. The number of sulfonamides is 1. The molecule has 0 aliphatic heterocycles. The molecule has 0 spiro atoms. The third kappa shape index (κ3) is 3.24. The fourth-order valence-electron chi connectivity index (χ4n) is 1.65. The fraction of sp³-hybridized carbons (Fsp3) is 0.0769. The first-order valence-corrected chi connectivity index (χ1v) is 7.94. The Morgan fingerprint density at radius 1 is 1.05 bits per heavy atom. The minimum atomic E-state index is -3.73. The fourth-order valence-corrected chi connectivity index (χ4v) is 3.14. The summed E-state index contributed by atoms with van der Waals surface area (Å²) in [6, 6.07) is 11.1. The highest BCUT2D eigenvalue weighted by atomic mass is 35.5. The molecule has 2 aromatic rings. The first-order valence-electron chi connectivity index (χ1n) is 5.70. The largest absolute Gasteiger partial charge is 0.326 e. The van der Waals surface area contributed by atoms with Crippen LogP contribution in [0.3, 0.4) is 0 Å². The van der Waals surface area contributed by atoms with Gasteiger partial charge < -0.3 is 5.73 Å². The molecule has 0 fully saturated rings. The summed E-state index contributed by atoms with van der Waals surface area (Å²) >= 11 is 11.6. The molecular weight excluding hydrogens is 319 g/mol. The average molecular weight is 331 g/mol. The van der Waals surface area contributed by atoms with Crippen LogP contribution in [-0.4, -0.2) is 8.42 Å². The number of anilines is 1. The number of rotatable bonds is 4. The molecule has 0 heterocycles. The molecule has 0 amide bonds. The van der Waals surface area contributed by atoms with Gasteiger partial charge in [-0.3, -0.25) is 4.72 Å². The van der Waals surface area contributed by atoms with E-state index in [9.17, 15) is 8.42 Å². The predicted octanol–water partition coefficient (Wildman–Crippen LogP) is 3.25. The summed E-state index contributed by atoms with van der Waals surface area (Å²) in [7, 11) is -3.73. The topological polar surface area (TPSA) is 72.2 Å². The molecule has 0 saturated heterocycles. The molecule has 2 aromatic carbocycles. The Kier molecular flexibility index (Phi) is 4.55. The van der Waals surface area contributed by atoms with Crippen molar-refractivity contribution in [3.63, 3.8) is 0 Å². The molecule has 7 heteroatoms. The highest BCUT2D eigenvalue weighted by molar-refractivity contribution is 7.92. The van der Waals surface area contributed by atoms with E-state index in [1.54, 1.807) is 24.3 Å². The minimum Gasteiger partial charge on any atom is -0.326 e. The molecule has 0 aliphatic rings. The van der Waals surface area contributed by atoms with Crippen LogP contribution in [0.25, 0.3) is 0 Å². The third-order valence-corrected chi connectivity index (χ3v) is 4.79. The van der Waals surface area contributed by atoms with Crippen LogP contribution in [0.1, 0.15) is 5.56 Å². The Morgan fingerprint density at radius 2 is 1.75 bits per heavy atom. The predicted molar refractivity (Wildman–Crippen MR) is 81.6 cm³/mol. The standard InChI is InChI=1S/C13H12Cl2N2O2S/c14-11-6-5-10(7-12(11)15)20(18,19)17-13-4-2-1-3-9(13)8-16/h1-7,17H,8,16H2. The van der Waals surface area contributed by atoms with Crippen LogP contribution >= 0.6 is 23.2 Å². The van der Waals surface area contributed by atoms with Crippen LogP contribution in [0.15, 0.2) is 47.4 Å². The number of hydrogen-bond acceptors (Lipinski definition) is 3. The first-order chi connectivity index (χ1) is 9.44. The monoisotopic (exact) mass is 330 g/mol. The van der Waals surface area contributed by atoms with Crippen molar-refractivity contribution in [3.8, 4) is 0 Å². The molecule has 3 N–H and O–H groups in total. The zero-order chi connectivity index (χ0) is 14.8. The molecule has 0 atom stereocenters. The molecule has 0 aromatic heterocycles. The highest BCUT2D eigenvalue weighted by Gasteiger charge is 2.16. The van der Waals surface area contributed by atoms with Gasteiger partial charge >= 0.3 is 0 Å². The van der Waals surface area contributed by atoms with E-state index in [-0.39, 0.29) is 16.5 Å². The molecule has 4 nitrogen and oxygen atoms in total. The van der Waals surface area contributed by atoms with Gasteiger partial charge in [-0.15, -0.1) is 0 Å². The zero-order valence-corrected chi connectivity index (χ0v) is 12.6. The molecule has 20 heavy (non-hydrogen) atoms. The summed E-state index contributed by atoms with van der Waals surface area (Å²) in [4.78, 5) is 0.0405. The van der Waals surface area contributed by atoms with Crippen molar-refractivity contribution in [2.45, 2.75) is 11.4 Å². The molecule has 2 rings (SSSR count). The van der Waals surface area contributed by atoms with E-state index >= 15 is 0 Å². The number of nitrogens with two attached hydrogens (primary N) is 1. The van der Waals surface area contributed by atoms with E-state index in [1.165, 1.54) is 18.2 Å². The Morgan fingerprint density at radius 3 is 2.40 bits per heavy atom. The quantitative estimate of drug-likeness (QED) is 0.903. The Balaban J connectivity index is 2.38. The van der Waals surface area contributed by atoms with Crippen LogP contribution in [0.4, 0.5) is 5.69 Å². The lowest BCUT2D eigenvalue weighted by atomic mass is 10.2. The molecule has 0 bridgehead atoms. The van der Waals surface area contributed by atoms with E-state index < -0.39 is 10.0 Å². The number of para-hydroxylation sites is 1. The normalized spacial score (nSPS) is 11.3. The second kappa shape index (κ2) is 6.01. The van der Waals surface area contributed by atoms with E-state index in [1.807, 2.05) is 0 Å². The number of benzene rings is 2. The van der Waals surface area contributed by atoms with E-state index in [4.69, 9.17) is 28.9 Å². The molecular formula is C13H12Cl2N2O2S. The third-order valence-electron chi connectivity index (χ3n) is 2.68. The van der Waals surface area contributed by atoms with Crippen molar-refractivity contribution in [1.29, 1.82) is 0 Å². The van der Waals surface area contributed by atoms with Gasteiger partial charge in [-0.05, 0) is 29.8 Å². The SMILES string of the molecule is NCc1ccccc1NS(=O)(=O)c1ccc(Cl)c(Cl)c1. The highest BCUT2D eigenvalue weighted by Crippen LogP contribution is 2.26. The number of nitrogens with one attached hydrogen (secondary N) is 1. The molecule has 0 saturated carbocycles. The number of halogens is 2. The van der Waals surface area contributed by atoms with Crippen LogP contribution in [0.5, 0.6) is 0 Å². The van der Waals surface area contributed by atoms with Gasteiger partial charge in [-0.1, -0.05) is 41.4 Å². The maximum atomic E-state index is 12.3. The summed E-state index contributed by atoms with van der Waals surface area (Å²) in [6.45, 7) is 0.236. The van der Waals surface area contributed by atoms with Crippen molar-refractivity contribution >= 4 is 38.9 Å². The summed E-state index contributed by atoms with van der Waals surface area (Å²) in [5.74, 6) is 0. The average Bonchev–Trinajstić information content (AvgIpc) is 2.42. The van der Waals surface area contributed by atoms with Crippen LogP contribution in [0, 0.1) is 0 Å². The van der Waals surface area contributed by atoms with Gasteiger partial charge in [0.1, 0.15) is 0 Å². The Labute approximate surface area is 127 Å². The molecule has 106 valence electrons. The van der Waals surface area contributed by atoms with Crippen molar-refractivity contribution in [2.75, 3.05) is 4.72 Å². The Bertz CT molecular complexity index is 733. The summed E-state index contributed by atoms with van der Waals surface area (Å²) in [5.41, 5.74) is 6.73. The molecule has 0 radical (unpaired) electrons. The summed E-state index contributed by atoms with van der Waals surface area (Å²) < 4.78 is 27.1. The van der Waals surface area contributed by atoms with Gasteiger partial charge in [-0.25, -0.2) is 8.42 Å². The van der Waals surface area contributed by atoms with E-state index in [0.29, 0.717) is 16.3 Å². The van der Waals surface area contributed by atoms with Crippen molar-refractivity contribution < 1.29 is 8.42 Å². The first kappa shape index (κ1) is 15.1. The summed E-state index contributed by atoms with van der Waals surface area (Å²) in [6.07, 6.45) is 0. The second-order valence-corrected chi connectivity index (χ2v) is 6.54. The zero-order valence-electron chi connectivity index (χ0n) is 10.3. The van der Waals surface area contributed by atoms with Crippen molar-refractivity contribution in [1.82, 2.24) is 0 Å². The van der Waals surface area contributed by atoms with Gasteiger partial charge in [0.15, 0.2) is 0 Å². The number of hydrogen-bond donors (Lipinski definition) is 2. The van der Waals surface area contributed by atoms with E-state index in [0.717, 1.165) is 0 Å². The molecule has 0 aliphatic carbocycles. The maximum Gasteiger partial charge on any atom is 0.261 e. The van der Waals surface area contributed by atoms with Gasteiger partial charge in [0, 0.05) is 6.54 Å². The van der Waals surface area contributed by atoms with E-state index in [2.05, 4.69) is 4.72 Å². The van der Waals surface area contributed by atoms with Crippen LogP contribution in [-0.2, 0) is 16.6 Å². The lowest BCUT2D eigenvalue weighted by Gasteiger charge is -2.12. The minimum absolute atomic E-state index is 0.0405. The maximum absolute atomic E-state index is 12.3. The van der Waals surface area contributed by atoms with Gasteiger partial charge in [0.05, 0.1) is 20.6 Å². The van der Waals surface area contributed by atoms with Gasteiger partial charge in [0.25, 0.3) is 10.0 Å². The molecule has 0 unspecified atom stereocenters. The lowest BCUT2D eigenvalue weighted by molar-refractivity contribution is 0.601. The second-order valence-electron chi connectivity index (χ2n) is 4.04. The van der Waals surface area contributed by atoms with Gasteiger partial charge in [0.2, 0.25) is 0 Å². The smallest absolute Gasteiger partial charge is 0.261 e. The van der Waals surface area contributed by atoms with Crippen LogP contribution in [0.2, 0.25) is 10.0 Å². The van der Waals surface area contributed by atoms with Crippen LogP contribution < -0.4 is 10.5 Å².